The van der Waals surface area contributed by atoms with E-state index >= 15 is 0 Å². The molecular formula is C30H37N3O3S. The largest absolute Gasteiger partial charge is 0.497 e. The molecule has 2 aromatic carbocycles. The number of rotatable bonds is 7. The van der Waals surface area contributed by atoms with Crippen LogP contribution in [0.25, 0.3) is 0 Å². The summed E-state index contributed by atoms with van der Waals surface area (Å²) in [5, 5.41) is 3.82. The second-order valence-electron chi connectivity index (χ2n) is 10.8. The number of carbonyl (C=O) groups is 1. The number of nitrogens with one attached hydrogen (secondary N) is 1. The zero-order chi connectivity index (χ0) is 26.7. The van der Waals surface area contributed by atoms with Crippen molar-refractivity contribution in [3.63, 3.8) is 0 Å². The molecule has 196 valence electrons. The van der Waals surface area contributed by atoms with E-state index in [1.54, 1.807) is 37.7 Å². The number of methoxy groups -OCH3 is 2. The quantitative estimate of drug-likeness (QED) is 0.342. The summed E-state index contributed by atoms with van der Waals surface area (Å²) in [7, 11) is 7.23. The van der Waals surface area contributed by atoms with Crippen molar-refractivity contribution in [1.29, 1.82) is 0 Å². The van der Waals surface area contributed by atoms with Crippen LogP contribution in [0.3, 0.4) is 0 Å². The molecule has 0 aliphatic heterocycles. The van der Waals surface area contributed by atoms with Crippen LogP contribution in [0.5, 0.6) is 11.5 Å². The Balaban J connectivity index is 1.69. The molecule has 0 saturated carbocycles. The Morgan fingerprint density at radius 2 is 1.84 bits per heavy atom. The van der Waals surface area contributed by atoms with E-state index in [-0.39, 0.29) is 11.3 Å². The van der Waals surface area contributed by atoms with E-state index in [2.05, 4.69) is 43.1 Å². The van der Waals surface area contributed by atoms with Crippen LogP contribution in [0.1, 0.15) is 53.6 Å². The topological polar surface area (TPSA) is 63.2 Å². The van der Waals surface area contributed by atoms with Crippen LogP contribution in [0.4, 0.5) is 16.4 Å². The van der Waals surface area contributed by atoms with Gasteiger partial charge in [0.15, 0.2) is 0 Å². The predicted molar refractivity (Wildman–Crippen MR) is 155 cm³/mol. The van der Waals surface area contributed by atoms with Gasteiger partial charge in [0.25, 0.3) is 5.91 Å². The Labute approximate surface area is 224 Å². The minimum Gasteiger partial charge on any atom is -0.497 e. The summed E-state index contributed by atoms with van der Waals surface area (Å²) in [6, 6.07) is 13.6. The highest BCUT2D eigenvalue weighted by molar-refractivity contribution is 7.16. The third-order valence-corrected chi connectivity index (χ3v) is 8.26. The standard InChI is InChI=1S/C30H37N3O3S/c1-30(2,3)20-10-14-23-26(16-20)37-29(31-18-19-8-11-21(12-9-19)33(4)5)27(23)28(34)32-24-15-13-22(35-6)17-25(24)36-7/h8-9,11-13,15,17-18,20H,10,14,16H2,1-7H3,(H,32,34)/t20-/m0/s1. The van der Waals surface area contributed by atoms with Gasteiger partial charge in [-0.05, 0) is 66.0 Å². The molecular weight excluding hydrogens is 482 g/mol. The van der Waals surface area contributed by atoms with Gasteiger partial charge in [-0.3, -0.25) is 4.79 Å². The lowest BCUT2D eigenvalue weighted by Gasteiger charge is -2.33. The second kappa shape index (κ2) is 11.0. The maximum Gasteiger partial charge on any atom is 0.259 e. The Bertz CT molecular complexity index is 1290. The minimum absolute atomic E-state index is 0.162. The van der Waals surface area contributed by atoms with Crippen LogP contribution >= 0.6 is 11.3 Å². The lowest BCUT2D eigenvalue weighted by atomic mass is 9.72. The van der Waals surface area contributed by atoms with Gasteiger partial charge in [-0.25, -0.2) is 4.99 Å². The van der Waals surface area contributed by atoms with Gasteiger partial charge < -0.3 is 19.7 Å². The van der Waals surface area contributed by atoms with Crippen molar-refractivity contribution >= 4 is 39.8 Å². The van der Waals surface area contributed by atoms with Gasteiger partial charge in [-0.15, -0.1) is 11.3 Å². The first kappa shape index (κ1) is 26.7. The maximum absolute atomic E-state index is 13.7. The summed E-state index contributed by atoms with van der Waals surface area (Å²) in [4.78, 5) is 21.9. The number of anilines is 2. The molecule has 0 saturated heterocycles. The number of aliphatic imine (C=N–C) groups is 1. The second-order valence-corrected chi connectivity index (χ2v) is 11.8. The van der Waals surface area contributed by atoms with Crippen molar-refractivity contribution in [2.75, 3.05) is 38.5 Å². The average Bonchev–Trinajstić information content (AvgIpc) is 3.25. The van der Waals surface area contributed by atoms with Crippen LogP contribution in [0.15, 0.2) is 47.5 Å². The fourth-order valence-electron chi connectivity index (χ4n) is 4.71. The van der Waals surface area contributed by atoms with Gasteiger partial charge in [0.05, 0.1) is 25.5 Å². The number of fused-ring (bicyclic) bond motifs is 1. The number of carbonyl (C=O) groups excluding carboxylic acids is 1. The van der Waals surface area contributed by atoms with E-state index in [1.807, 2.05) is 38.5 Å². The molecule has 7 heteroatoms. The van der Waals surface area contributed by atoms with Crippen molar-refractivity contribution in [3.05, 3.63) is 64.0 Å². The summed E-state index contributed by atoms with van der Waals surface area (Å²) < 4.78 is 10.8. The van der Waals surface area contributed by atoms with Gasteiger partial charge >= 0.3 is 0 Å². The number of hydrogen-bond acceptors (Lipinski definition) is 6. The molecule has 4 rings (SSSR count). The molecule has 6 nitrogen and oxygen atoms in total. The fourth-order valence-corrected chi connectivity index (χ4v) is 5.98. The normalized spacial score (nSPS) is 15.4. The molecule has 1 aromatic heterocycles. The average molecular weight is 520 g/mol. The zero-order valence-electron chi connectivity index (χ0n) is 22.8. The first-order chi connectivity index (χ1) is 17.6. The lowest BCUT2D eigenvalue weighted by molar-refractivity contribution is 0.102. The van der Waals surface area contributed by atoms with Crippen LogP contribution in [-0.2, 0) is 12.8 Å². The Morgan fingerprint density at radius 1 is 1.11 bits per heavy atom. The maximum atomic E-state index is 13.7. The fraction of sp³-hybridized carbons (Fsp3) is 0.400. The number of ether oxygens (including phenoxy) is 2. The Kier molecular flexibility index (Phi) is 7.93. The van der Waals surface area contributed by atoms with E-state index in [0.717, 1.165) is 41.1 Å². The highest BCUT2D eigenvalue weighted by atomic mass is 32.1. The van der Waals surface area contributed by atoms with Crippen LogP contribution in [0, 0.1) is 11.3 Å². The molecule has 0 bridgehead atoms. The Hall–Kier alpha value is -3.32. The highest BCUT2D eigenvalue weighted by Crippen LogP contribution is 2.45. The smallest absolute Gasteiger partial charge is 0.259 e. The summed E-state index contributed by atoms with van der Waals surface area (Å²) >= 11 is 1.65. The van der Waals surface area contributed by atoms with Gasteiger partial charge in [-0.2, -0.15) is 0 Å². The summed E-state index contributed by atoms with van der Waals surface area (Å²) in [5.74, 6) is 1.63. The lowest BCUT2D eigenvalue weighted by Crippen LogP contribution is -2.27. The van der Waals surface area contributed by atoms with Crippen LogP contribution in [-0.4, -0.2) is 40.4 Å². The molecule has 0 fully saturated rings. The molecule has 1 amide bonds. The van der Waals surface area contributed by atoms with Gasteiger partial charge in [0.1, 0.15) is 16.5 Å². The highest BCUT2D eigenvalue weighted by Gasteiger charge is 2.33. The van der Waals surface area contributed by atoms with E-state index in [1.165, 1.54) is 4.88 Å². The predicted octanol–water partition coefficient (Wildman–Crippen LogP) is 6.99. The third-order valence-electron chi connectivity index (χ3n) is 7.10. The molecule has 1 heterocycles. The van der Waals surface area contributed by atoms with E-state index in [9.17, 15) is 4.79 Å². The Morgan fingerprint density at radius 3 is 2.46 bits per heavy atom. The monoisotopic (exact) mass is 519 g/mol. The summed E-state index contributed by atoms with van der Waals surface area (Å²) in [5.41, 5.74) is 4.75. The number of benzene rings is 2. The first-order valence-electron chi connectivity index (χ1n) is 12.6. The SMILES string of the molecule is COc1ccc(NC(=O)c2c(N=Cc3ccc(N(C)C)cc3)sc3c2CC[C@H](C(C)(C)C)C3)c(OC)c1. The molecule has 0 radical (unpaired) electrons. The van der Waals surface area contributed by atoms with E-state index in [0.29, 0.717) is 28.7 Å². The van der Waals surface area contributed by atoms with Gasteiger partial charge in [0, 0.05) is 36.9 Å². The third kappa shape index (κ3) is 5.99. The summed E-state index contributed by atoms with van der Waals surface area (Å²) in [6.07, 6.45) is 4.77. The van der Waals surface area contributed by atoms with Gasteiger partial charge in [-0.1, -0.05) is 32.9 Å². The number of hydrogen-bond donors (Lipinski definition) is 1. The van der Waals surface area contributed by atoms with Crippen molar-refractivity contribution in [2.45, 2.75) is 40.0 Å². The molecule has 1 aliphatic rings. The molecule has 1 aliphatic carbocycles. The van der Waals surface area contributed by atoms with E-state index in [4.69, 9.17) is 14.5 Å². The number of nitrogens with zero attached hydrogens (tertiary/aromatic N) is 2. The molecule has 1 N–H and O–H groups in total. The number of thiophene rings is 1. The van der Waals surface area contributed by atoms with Crippen molar-refractivity contribution in [1.82, 2.24) is 0 Å². The van der Waals surface area contributed by atoms with Gasteiger partial charge in [0.2, 0.25) is 0 Å². The molecule has 1 atom stereocenters. The zero-order valence-corrected chi connectivity index (χ0v) is 23.7. The van der Waals surface area contributed by atoms with Crippen LogP contribution < -0.4 is 19.7 Å². The van der Waals surface area contributed by atoms with Crippen molar-refractivity contribution in [3.8, 4) is 11.5 Å². The van der Waals surface area contributed by atoms with Crippen LogP contribution in [0.2, 0.25) is 0 Å². The van der Waals surface area contributed by atoms with Crippen molar-refractivity contribution < 1.29 is 14.3 Å². The molecule has 0 unspecified atom stereocenters. The number of amides is 1. The molecule has 3 aromatic rings. The molecule has 0 spiro atoms. The van der Waals surface area contributed by atoms with Crippen molar-refractivity contribution in [2.24, 2.45) is 16.3 Å². The van der Waals surface area contributed by atoms with E-state index < -0.39 is 0 Å². The molecule has 37 heavy (non-hydrogen) atoms. The minimum atomic E-state index is -0.162. The summed E-state index contributed by atoms with van der Waals surface area (Å²) in [6.45, 7) is 6.91. The first-order valence-corrected chi connectivity index (χ1v) is 13.4.